The molecule has 1 aromatic rings. The van der Waals surface area contributed by atoms with Crippen molar-refractivity contribution in [1.82, 2.24) is 4.98 Å². The van der Waals surface area contributed by atoms with Crippen molar-refractivity contribution in [3.05, 3.63) is 26.6 Å². The maximum Gasteiger partial charge on any atom is 0.265 e. The standard InChI is InChI=1S/C8H9F2IN2/c1-4-7(11)5(2-12)6(3-13-4)8(9)10/h3,8H,2,12H2,1H3. The first-order chi connectivity index (χ1) is 6.07. The van der Waals surface area contributed by atoms with Crippen LogP contribution in [0, 0.1) is 10.5 Å². The molecule has 0 saturated heterocycles. The monoisotopic (exact) mass is 298 g/mol. The van der Waals surface area contributed by atoms with Crippen LogP contribution < -0.4 is 5.73 Å². The molecule has 1 aromatic heterocycles. The highest BCUT2D eigenvalue weighted by Gasteiger charge is 2.16. The van der Waals surface area contributed by atoms with Gasteiger partial charge >= 0.3 is 0 Å². The van der Waals surface area contributed by atoms with Gasteiger partial charge in [0.1, 0.15) is 0 Å². The van der Waals surface area contributed by atoms with Gasteiger partial charge in [-0.1, -0.05) is 0 Å². The van der Waals surface area contributed by atoms with Crippen LogP contribution in [0.15, 0.2) is 6.20 Å². The van der Waals surface area contributed by atoms with Crippen molar-refractivity contribution in [3.63, 3.8) is 0 Å². The highest BCUT2D eigenvalue weighted by Crippen LogP contribution is 2.26. The number of pyridine rings is 1. The molecule has 0 fully saturated rings. The third-order valence-corrected chi connectivity index (χ3v) is 3.20. The van der Waals surface area contributed by atoms with Gasteiger partial charge in [0.05, 0.1) is 5.69 Å². The van der Waals surface area contributed by atoms with Gasteiger partial charge in [-0.05, 0) is 35.1 Å². The first kappa shape index (κ1) is 10.8. The molecule has 0 unspecified atom stereocenters. The van der Waals surface area contributed by atoms with Gasteiger partial charge in [-0.2, -0.15) is 0 Å². The third kappa shape index (κ3) is 2.14. The van der Waals surface area contributed by atoms with Crippen molar-refractivity contribution in [3.8, 4) is 0 Å². The lowest BCUT2D eigenvalue weighted by Gasteiger charge is -2.10. The molecule has 0 saturated carbocycles. The van der Waals surface area contributed by atoms with E-state index in [-0.39, 0.29) is 12.1 Å². The molecule has 0 aliphatic rings. The fourth-order valence-electron chi connectivity index (χ4n) is 1.04. The minimum absolute atomic E-state index is 0.0579. The summed E-state index contributed by atoms with van der Waals surface area (Å²) in [5.74, 6) is 0. The highest BCUT2D eigenvalue weighted by molar-refractivity contribution is 14.1. The topological polar surface area (TPSA) is 38.9 Å². The molecule has 0 aliphatic carbocycles. The Labute approximate surface area is 88.7 Å². The van der Waals surface area contributed by atoms with Gasteiger partial charge in [0, 0.05) is 21.9 Å². The molecule has 1 heterocycles. The number of nitrogens with zero attached hydrogens (tertiary/aromatic N) is 1. The summed E-state index contributed by atoms with van der Waals surface area (Å²) in [7, 11) is 0. The van der Waals surface area contributed by atoms with Crippen molar-refractivity contribution >= 4 is 22.6 Å². The zero-order valence-electron chi connectivity index (χ0n) is 7.02. The molecule has 0 spiro atoms. The van der Waals surface area contributed by atoms with Crippen LogP contribution in [0.5, 0.6) is 0 Å². The van der Waals surface area contributed by atoms with E-state index in [2.05, 4.69) is 4.98 Å². The molecule has 13 heavy (non-hydrogen) atoms. The first-order valence-electron chi connectivity index (χ1n) is 3.70. The smallest absolute Gasteiger partial charge is 0.265 e. The predicted octanol–water partition coefficient (Wildman–Crippen LogP) is 2.39. The molecule has 1 rings (SSSR count). The van der Waals surface area contributed by atoms with Gasteiger partial charge in [0.2, 0.25) is 0 Å². The summed E-state index contributed by atoms with van der Waals surface area (Å²) in [5.41, 5.74) is 6.58. The van der Waals surface area contributed by atoms with E-state index in [0.29, 0.717) is 5.56 Å². The van der Waals surface area contributed by atoms with E-state index in [1.807, 2.05) is 22.6 Å². The number of hydrogen-bond acceptors (Lipinski definition) is 2. The lowest BCUT2D eigenvalue weighted by Crippen LogP contribution is -2.07. The molecule has 5 heteroatoms. The Morgan fingerprint density at radius 3 is 2.69 bits per heavy atom. The molecule has 72 valence electrons. The summed E-state index contributed by atoms with van der Waals surface area (Å²) in [6.45, 7) is 1.90. The van der Waals surface area contributed by atoms with Crippen molar-refractivity contribution in [2.75, 3.05) is 0 Å². The van der Waals surface area contributed by atoms with Crippen LogP contribution in [0.4, 0.5) is 8.78 Å². The van der Waals surface area contributed by atoms with Crippen molar-refractivity contribution in [2.24, 2.45) is 5.73 Å². The fraction of sp³-hybridized carbons (Fsp3) is 0.375. The average molecular weight is 298 g/mol. The lowest BCUT2D eigenvalue weighted by molar-refractivity contribution is 0.149. The fourth-order valence-corrected chi connectivity index (χ4v) is 1.71. The maximum atomic E-state index is 12.4. The molecule has 0 bridgehead atoms. The van der Waals surface area contributed by atoms with Gasteiger partial charge in [-0.3, -0.25) is 4.98 Å². The van der Waals surface area contributed by atoms with E-state index in [1.54, 1.807) is 6.92 Å². The minimum Gasteiger partial charge on any atom is -0.326 e. The van der Waals surface area contributed by atoms with Crippen LogP contribution in [0.1, 0.15) is 23.2 Å². The molecule has 2 nitrogen and oxygen atoms in total. The van der Waals surface area contributed by atoms with Crippen LogP contribution in [-0.4, -0.2) is 4.98 Å². The Kier molecular flexibility index (Phi) is 3.55. The van der Waals surface area contributed by atoms with E-state index in [0.717, 1.165) is 9.26 Å². The molecular weight excluding hydrogens is 289 g/mol. The second kappa shape index (κ2) is 4.28. The van der Waals surface area contributed by atoms with Crippen molar-refractivity contribution < 1.29 is 8.78 Å². The Bertz CT molecular complexity index is 315. The Morgan fingerprint density at radius 2 is 2.23 bits per heavy atom. The van der Waals surface area contributed by atoms with E-state index in [4.69, 9.17) is 5.73 Å². The van der Waals surface area contributed by atoms with Crippen molar-refractivity contribution in [2.45, 2.75) is 19.9 Å². The second-order valence-corrected chi connectivity index (χ2v) is 3.68. The summed E-state index contributed by atoms with van der Waals surface area (Å²) in [4.78, 5) is 3.87. The third-order valence-electron chi connectivity index (χ3n) is 1.77. The number of aryl methyl sites for hydroxylation is 1. The number of aromatic nitrogens is 1. The molecule has 0 aromatic carbocycles. The normalized spacial score (nSPS) is 10.9. The van der Waals surface area contributed by atoms with E-state index >= 15 is 0 Å². The predicted molar refractivity (Wildman–Crippen MR) is 54.5 cm³/mol. The zero-order chi connectivity index (χ0) is 10.0. The number of halogens is 3. The quantitative estimate of drug-likeness (QED) is 0.852. The first-order valence-corrected chi connectivity index (χ1v) is 4.78. The second-order valence-electron chi connectivity index (χ2n) is 2.60. The minimum atomic E-state index is -2.50. The largest absolute Gasteiger partial charge is 0.326 e. The van der Waals surface area contributed by atoms with Crippen LogP contribution in [0.3, 0.4) is 0 Å². The summed E-state index contributed by atoms with van der Waals surface area (Å²) < 4.78 is 25.6. The number of alkyl halides is 2. The zero-order valence-corrected chi connectivity index (χ0v) is 9.18. The van der Waals surface area contributed by atoms with Gasteiger partial charge in [-0.25, -0.2) is 8.78 Å². The van der Waals surface area contributed by atoms with Gasteiger partial charge in [0.15, 0.2) is 0 Å². The Morgan fingerprint density at radius 1 is 1.62 bits per heavy atom. The molecular formula is C8H9F2IN2. The summed E-state index contributed by atoms with van der Waals surface area (Å²) >= 11 is 1.99. The van der Waals surface area contributed by atoms with Gasteiger partial charge < -0.3 is 5.73 Å². The number of nitrogens with two attached hydrogens (primary N) is 1. The van der Waals surface area contributed by atoms with Crippen LogP contribution in [-0.2, 0) is 6.54 Å². The summed E-state index contributed by atoms with van der Waals surface area (Å²) in [5, 5.41) is 0. The average Bonchev–Trinajstić information content (AvgIpc) is 2.09. The summed E-state index contributed by atoms with van der Waals surface area (Å²) in [6, 6.07) is 0. The van der Waals surface area contributed by atoms with Crippen LogP contribution in [0.25, 0.3) is 0 Å². The lowest BCUT2D eigenvalue weighted by atomic mass is 10.1. The molecule has 0 atom stereocenters. The number of hydrogen-bond donors (Lipinski definition) is 1. The van der Waals surface area contributed by atoms with Crippen LogP contribution in [0.2, 0.25) is 0 Å². The SMILES string of the molecule is Cc1ncc(C(F)F)c(CN)c1I. The highest BCUT2D eigenvalue weighted by atomic mass is 127. The maximum absolute atomic E-state index is 12.4. The summed E-state index contributed by atoms with van der Waals surface area (Å²) in [6.07, 6.45) is -1.30. The Balaban J connectivity index is 3.30. The van der Waals surface area contributed by atoms with Crippen LogP contribution >= 0.6 is 22.6 Å². The number of rotatable bonds is 2. The molecule has 2 N–H and O–H groups in total. The molecule has 0 radical (unpaired) electrons. The van der Waals surface area contributed by atoms with Gasteiger partial charge in [0.25, 0.3) is 6.43 Å². The van der Waals surface area contributed by atoms with E-state index < -0.39 is 6.43 Å². The Hall–Kier alpha value is -0.300. The van der Waals surface area contributed by atoms with E-state index in [9.17, 15) is 8.78 Å². The van der Waals surface area contributed by atoms with Gasteiger partial charge in [-0.15, -0.1) is 0 Å². The van der Waals surface area contributed by atoms with E-state index in [1.165, 1.54) is 6.20 Å². The molecule has 0 amide bonds. The van der Waals surface area contributed by atoms with Crippen molar-refractivity contribution in [1.29, 1.82) is 0 Å². The molecule has 0 aliphatic heterocycles.